The van der Waals surface area contributed by atoms with Crippen LogP contribution in [0.15, 0.2) is 18.2 Å². The van der Waals surface area contributed by atoms with Crippen LogP contribution < -0.4 is 4.74 Å². The quantitative estimate of drug-likeness (QED) is 0.734. The summed E-state index contributed by atoms with van der Waals surface area (Å²) in [4.78, 5) is 2.83. The Bertz CT molecular complexity index is 609. The number of methoxy groups -OCH3 is 1. The maximum Gasteiger partial charge on any atom is 0.122 e. The van der Waals surface area contributed by atoms with Gasteiger partial charge >= 0.3 is 0 Å². The lowest BCUT2D eigenvalue weighted by Crippen LogP contribution is -2.43. The summed E-state index contributed by atoms with van der Waals surface area (Å²) in [6, 6.07) is 7.77. The molecule has 1 heterocycles. The Kier molecular flexibility index (Phi) is 4.60. The molecule has 3 aliphatic rings. The topological polar surface area (TPSA) is 12.5 Å². The minimum Gasteiger partial charge on any atom is -0.496 e. The fraction of sp³-hybridized carbons (Fsp3) is 0.739. The molecule has 1 aromatic carbocycles. The number of rotatable bonds is 3. The predicted octanol–water partition coefficient (Wildman–Crippen LogP) is 5.36. The summed E-state index contributed by atoms with van der Waals surface area (Å²) in [5.41, 5.74) is 3.08. The molecule has 3 atom stereocenters. The van der Waals surface area contributed by atoms with Gasteiger partial charge in [-0.2, -0.15) is 0 Å². The average Bonchev–Trinajstić information content (AvgIpc) is 3.24. The standard InChI is InChI=1S/C23H35NO/c1-23(2,3)19-7-8-22(25-4)20(15-19)17-9-11-24(12-10-17)21-14-16-5-6-18(21)13-16/h7-8,15-18,21H,5-6,9-14H2,1-4H3/t16-,18-,21+/m0/s1. The van der Waals surface area contributed by atoms with E-state index in [9.17, 15) is 0 Å². The van der Waals surface area contributed by atoms with Crippen LogP contribution in [-0.4, -0.2) is 31.1 Å². The molecular formula is C23H35NO. The molecule has 25 heavy (non-hydrogen) atoms. The first-order chi connectivity index (χ1) is 12.0. The molecule has 0 spiro atoms. The first-order valence-electron chi connectivity index (χ1n) is 10.4. The molecule has 2 bridgehead atoms. The van der Waals surface area contributed by atoms with Gasteiger partial charge in [-0.05, 0) is 85.6 Å². The molecule has 1 aromatic rings. The molecule has 0 N–H and O–H groups in total. The monoisotopic (exact) mass is 341 g/mol. The number of hydrogen-bond donors (Lipinski definition) is 0. The summed E-state index contributed by atoms with van der Waals surface area (Å²) in [5.74, 6) is 3.81. The number of ether oxygens (including phenoxy) is 1. The highest BCUT2D eigenvalue weighted by Crippen LogP contribution is 2.48. The van der Waals surface area contributed by atoms with E-state index in [-0.39, 0.29) is 5.41 Å². The van der Waals surface area contributed by atoms with E-state index in [1.807, 2.05) is 7.11 Å². The molecule has 3 fully saturated rings. The molecule has 1 aliphatic heterocycles. The third-order valence-electron chi connectivity index (χ3n) is 7.23. The van der Waals surface area contributed by atoms with Crippen LogP contribution in [0.4, 0.5) is 0 Å². The highest BCUT2D eigenvalue weighted by molar-refractivity contribution is 5.42. The van der Waals surface area contributed by atoms with Crippen LogP contribution in [0.5, 0.6) is 5.75 Å². The second-order valence-corrected chi connectivity index (χ2v) is 9.76. The second kappa shape index (κ2) is 6.61. The highest BCUT2D eigenvalue weighted by atomic mass is 16.5. The van der Waals surface area contributed by atoms with Crippen LogP contribution in [0.3, 0.4) is 0 Å². The maximum absolute atomic E-state index is 5.72. The van der Waals surface area contributed by atoms with Crippen LogP contribution in [-0.2, 0) is 5.41 Å². The Morgan fingerprint density at radius 2 is 1.76 bits per heavy atom. The fourth-order valence-electron chi connectivity index (χ4n) is 5.72. The molecule has 0 unspecified atom stereocenters. The molecule has 2 saturated carbocycles. The zero-order valence-corrected chi connectivity index (χ0v) is 16.6. The third-order valence-corrected chi connectivity index (χ3v) is 7.23. The Hall–Kier alpha value is -1.02. The summed E-state index contributed by atoms with van der Waals surface area (Å²) in [6.45, 7) is 9.46. The van der Waals surface area contributed by atoms with Gasteiger partial charge in [-0.25, -0.2) is 0 Å². The van der Waals surface area contributed by atoms with Gasteiger partial charge in [0, 0.05) is 6.04 Å². The Morgan fingerprint density at radius 3 is 2.32 bits per heavy atom. The first-order valence-corrected chi connectivity index (χ1v) is 10.4. The van der Waals surface area contributed by atoms with Gasteiger partial charge in [0.25, 0.3) is 0 Å². The van der Waals surface area contributed by atoms with Gasteiger partial charge in [0.2, 0.25) is 0 Å². The predicted molar refractivity (Wildman–Crippen MR) is 104 cm³/mol. The van der Waals surface area contributed by atoms with E-state index in [1.165, 1.54) is 62.7 Å². The summed E-state index contributed by atoms with van der Waals surface area (Å²) in [6.07, 6.45) is 8.59. The van der Waals surface area contributed by atoms with Gasteiger partial charge in [-0.1, -0.05) is 39.3 Å². The molecule has 2 aliphatic carbocycles. The van der Waals surface area contributed by atoms with Gasteiger partial charge in [-0.3, -0.25) is 0 Å². The van der Waals surface area contributed by atoms with Crippen LogP contribution in [0.1, 0.15) is 76.3 Å². The zero-order valence-electron chi connectivity index (χ0n) is 16.6. The maximum atomic E-state index is 5.72. The van der Waals surface area contributed by atoms with Gasteiger partial charge in [0.15, 0.2) is 0 Å². The van der Waals surface area contributed by atoms with Crippen molar-refractivity contribution in [3.63, 3.8) is 0 Å². The summed E-state index contributed by atoms with van der Waals surface area (Å²) >= 11 is 0. The summed E-state index contributed by atoms with van der Waals surface area (Å²) < 4.78 is 5.72. The van der Waals surface area contributed by atoms with Gasteiger partial charge in [0.05, 0.1) is 7.11 Å². The molecule has 2 nitrogen and oxygen atoms in total. The second-order valence-electron chi connectivity index (χ2n) is 9.76. The Labute approximate surface area is 153 Å². The van der Waals surface area contributed by atoms with Gasteiger partial charge < -0.3 is 9.64 Å². The normalized spacial score (nSPS) is 30.8. The largest absolute Gasteiger partial charge is 0.496 e. The van der Waals surface area contributed by atoms with Crippen molar-refractivity contribution in [2.45, 2.75) is 76.7 Å². The molecule has 1 saturated heterocycles. The minimum absolute atomic E-state index is 0.199. The van der Waals surface area contributed by atoms with Crippen molar-refractivity contribution in [1.29, 1.82) is 0 Å². The van der Waals surface area contributed by atoms with E-state index in [2.05, 4.69) is 43.9 Å². The van der Waals surface area contributed by atoms with E-state index < -0.39 is 0 Å². The molecule has 2 heteroatoms. The summed E-state index contributed by atoms with van der Waals surface area (Å²) in [7, 11) is 1.82. The van der Waals surface area contributed by atoms with Crippen molar-refractivity contribution in [1.82, 2.24) is 4.90 Å². The summed E-state index contributed by atoms with van der Waals surface area (Å²) in [5, 5.41) is 0. The van der Waals surface area contributed by atoms with Gasteiger partial charge in [0.1, 0.15) is 5.75 Å². The van der Waals surface area contributed by atoms with Crippen molar-refractivity contribution in [3.05, 3.63) is 29.3 Å². The average molecular weight is 342 g/mol. The molecular weight excluding hydrogens is 306 g/mol. The van der Waals surface area contributed by atoms with E-state index in [0.29, 0.717) is 5.92 Å². The third kappa shape index (κ3) is 3.35. The van der Waals surface area contributed by atoms with Crippen molar-refractivity contribution in [2.75, 3.05) is 20.2 Å². The lowest BCUT2D eigenvalue weighted by Gasteiger charge is -2.40. The van der Waals surface area contributed by atoms with Crippen molar-refractivity contribution in [2.24, 2.45) is 11.8 Å². The number of hydrogen-bond acceptors (Lipinski definition) is 2. The number of benzene rings is 1. The van der Waals surface area contributed by atoms with E-state index in [1.54, 1.807) is 0 Å². The minimum atomic E-state index is 0.199. The van der Waals surface area contributed by atoms with E-state index in [4.69, 9.17) is 4.74 Å². The Balaban J connectivity index is 1.46. The van der Waals surface area contributed by atoms with Crippen molar-refractivity contribution in [3.8, 4) is 5.75 Å². The van der Waals surface area contributed by atoms with Crippen LogP contribution in [0, 0.1) is 11.8 Å². The number of fused-ring (bicyclic) bond motifs is 2. The number of piperidine rings is 1. The van der Waals surface area contributed by atoms with Crippen LogP contribution in [0.25, 0.3) is 0 Å². The van der Waals surface area contributed by atoms with E-state index >= 15 is 0 Å². The molecule has 138 valence electrons. The molecule has 4 rings (SSSR count). The zero-order chi connectivity index (χ0) is 17.6. The molecule has 0 radical (unpaired) electrons. The van der Waals surface area contributed by atoms with Gasteiger partial charge in [-0.15, -0.1) is 0 Å². The fourth-order valence-corrected chi connectivity index (χ4v) is 5.72. The lowest BCUT2D eigenvalue weighted by atomic mass is 9.81. The van der Waals surface area contributed by atoms with Crippen molar-refractivity contribution >= 4 is 0 Å². The highest BCUT2D eigenvalue weighted by Gasteiger charge is 2.43. The lowest BCUT2D eigenvalue weighted by molar-refractivity contribution is 0.110. The molecule has 0 aromatic heterocycles. The molecule has 0 amide bonds. The van der Waals surface area contributed by atoms with Crippen molar-refractivity contribution < 1.29 is 4.74 Å². The number of likely N-dealkylation sites (tertiary alicyclic amines) is 1. The van der Waals surface area contributed by atoms with E-state index in [0.717, 1.165) is 23.6 Å². The van der Waals surface area contributed by atoms with Crippen LogP contribution in [0.2, 0.25) is 0 Å². The first kappa shape index (κ1) is 17.4. The number of nitrogens with zero attached hydrogens (tertiary/aromatic N) is 1. The smallest absolute Gasteiger partial charge is 0.122 e. The van der Waals surface area contributed by atoms with Crippen LogP contribution >= 0.6 is 0 Å². The Morgan fingerprint density at radius 1 is 1.00 bits per heavy atom. The SMILES string of the molecule is COc1ccc(C(C)(C)C)cc1C1CCN([C@@H]2C[C@H]3CC[C@H]2C3)CC1.